The van der Waals surface area contributed by atoms with Crippen LogP contribution < -0.4 is 11.1 Å². The van der Waals surface area contributed by atoms with Crippen molar-refractivity contribution >= 4 is 40.6 Å². The largest absolute Gasteiger partial charge is 0.381 e. The van der Waals surface area contributed by atoms with Gasteiger partial charge in [0.05, 0.1) is 39.4 Å². The van der Waals surface area contributed by atoms with Crippen molar-refractivity contribution in [2.24, 2.45) is 0 Å². The predicted octanol–water partition coefficient (Wildman–Crippen LogP) is 4.77. The molecule has 1 aliphatic rings. The van der Waals surface area contributed by atoms with Gasteiger partial charge in [0.15, 0.2) is 11.6 Å². The number of nitrogen functional groups attached to an aromatic ring is 1. The van der Waals surface area contributed by atoms with Crippen molar-refractivity contribution in [3.63, 3.8) is 0 Å². The smallest absolute Gasteiger partial charge is 0.258 e. The molecule has 2 aromatic heterocycles. The minimum atomic E-state index is -0.414. The van der Waals surface area contributed by atoms with Crippen molar-refractivity contribution in [2.45, 2.75) is 19.9 Å². The molecule has 4 aromatic rings. The summed E-state index contributed by atoms with van der Waals surface area (Å²) in [6, 6.07) is 9.29. The van der Waals surface area contributed by atoms with Gasteiger partial charge in [-0.3, -0.25) is 4.79 Å². The molecule has 3 N–H and O–H groups in total. The summed E-state index contributed by atoms with van der Waals surface area (Å²) >= 11 is 12.3. The Morgan fingerprint density at radius 2 is 1.94 bits per heavy atom. The number of rotatable bonds is 4. The molecular weight excluding hydrogens is 485 g/mol. The predicted molar refractivity (Wildman–Crippen MR) is 138 cm³/mol. The average molecular weight is 508 g/mol. The van der Waals surface area contributed by atoms with Crippen LogP contribution in [0.1, 0.15) is 27.0 Å². The van der Waals surface area contributed by atoms with Crippen molar-refractivity contribution in [3.8, 4) is 17.1 Å². The van der Waals surface area contributed by atoms with Gasteiger partial charge in [0.25, 0.3) is 5.91 Å². The van der Waals surface area contributed by atoms with E-state index >= 15 is 0 Å². The normalized spacial score (nSPS) is 13.5. The van der Waals surface area contributed by atoms with E-state index in [9.17, 15) is 4.79 Å². The average Bonchev–Trinajstić information content (AvgIpc) is 3.31. The van der Waals surface area contributed by atoms with E-state index in [1.807, 2.05) is 0 Å². The van der Waals surface area contributed by atoms with Crippen LogP contribution in [0.5, 0.6) is 0 Å². The fourth-order valence-corrected chi connectivity index (χ4v) is 4.76. The van der Waals surface area contributed by atoms with Gasteiger partial charge in [0.1, 0.15) is 0 Å². The molecule has 0 unspecified atom stereocenters. The standard InChI is InChI=1S/C25H23Cl2N7O/c1-14-8-15(9-16-12-33(2)7-6-18(14)16)21-11-29-23(28)24(31-21)34-13-17(10-30-34)25(35)32-22-19(26)4-3-5-20(22)27/h3-5,8-11,13H,6-7,12H2,1-2H3,(H2,28,29)(H,32,35). The Balaban J connectivity index is 1.45. The maximum absolute atomic E-state index is 12.8. The Labute approximate surface area is 212 Å². The van der Waals surface area contributed by atoms with Gasteiger partial charge >= 0.3 is 0 Å². The summed E-state index contributed by atoms with van der Waals surface area (Å²) in [5.41, 5.74) is 12.3. The van der Waals surface area contributed by atoms with Gasteiger partial charge in [-0.1, -0.05) is 29.3 Å². The Hall–Kier alpha value is -3.46. The Bertz CT molecular complexity index is 1430. The highest BCUT2D eigenvalue weighted by Crippen LogP contribution is 2.31. The molecule has 35 heavy (non-hydrogen) atoms. The van der Waals surface area contributed by atoms with Gasteiger partial charge in [0, 0.05) is 24.8 Å². The number of amides is 1. The van der Waals surface area contributed by atoms with E-state index in [0.29, 0.717) is 32.8 Å². The Morgan fingerprint density at radius 1 is 1.17 bits per heavy atom. The molecule has 2 aromatic carbocycles. The molecule has 0 saturated carbocycles. The summed E-state index contributed by atoms with van der Waals surface area (Å²) in [7, 11) is 2.12. The Morgan fingerprint density at radius 3 is 2.71 bits per heavy atom. The molecule has 0 atom stereocenters. The lowest BCUT2D eigenvalue weighted by Crippen LogP contribution is -2.27. The van der Waals surface area contributed by atoms with Crippen molar-refractivity contribution in [3.05, 3.63) is 81.2 Å². The van der Waals surface area contributed by atoms with Gasteiger partial charge in [-0.05, 0) is 61.3 Å². The summed E-state index contributed by atoms with van der Waals surface area (Å²) in [6.45, 7) is 4.08. The number of aromatic nitrogens is 4. The maximum Gasteiger partial charge on any atom is 0.258 e. The van der Waals surface area contributed by atoms with Gasteiger partial charge in [-0.15, -0.1) is 0 Å². The third-order valence-electron chi connectivity index (χ3n) is 6.09. The highest BCUT2D eigenvalue weighted by atomic mass is 35.5. The topological polar surface area (TPSA) is 102 Å². The number of halogens is 2. The number of fused-ring (bicyclic) bond motifs is 1. The summed E-state index contributed by atoms with van der Waals surface area (Å²) in [5.74, 6) is 0.126. The second-order valence-corrected chi connectivity index (χ2v) is 9.42. The van der Waals surface area contributed by atoms with Crippen LogP contribution >= 0.6 is 23.2 Å². The molecule has 178 valence electrons. The Kier molecular flexibility index (Phi) is 6.19. The second-order valence-electron chi connectivity index (χ2n) is 8.61. The zero-order chi connectivity index (χ0) is 24.7. The number of para-hydroxylation sites is 1. The van der Waals surface area contributed by atoms with Crippen LogP contribution in [-0.4, -0.2) is 44.1 Å². The number of likely N-dealkylation sites (N-methyl/N-ethyl adjacent to an activating group) is 1. The number of nitrogens with zero attached hydrogens (tertiary/aromatic N) is 5. The zero-order valence-electron chi connectivity index (χ0n) is 19.2. The monoisotopic (exact) mass is 507 g/mol. The lowest BCUT2D eigenvalue weighted by Gasteiger charge is -2.27. The SMILES string of the molecule is Cc1cc(-c2cnc(N)c(-n3cc(C(=O)Nc4c(Cl)cccc4Cl)cn3)n2)cc2c1CCN(C)C2. The van der Waals surface area contributed by atoms with E-state index in [2.05, 4.69) is 46.4 Å². The lowest BCUT2D eigenvalue weighted by atomic mass is 9.92. The molecule has 3 heterocycles. The van der Waals surface area contributed by atoms with Gasteiger partial charge in [-0.25, -0.2) is 14.6 Å². The van der Waals surface area contributed by atoms with Crippen LogP contribution in [0.25, 0.3) is 17.1 Å². The van der Waals surface area contributed by atoms with Crippen LogP contribution in [-0.2, 0) is 13.0 Å². The molecule has 0 fully saturated rings. The molecule has 8 nitrogen and oxygen atoms in total. The van der Waals surface area contributed by atoms with Crippen molar-refractivity contribution in [1.82, 2.24) is 24.6 Å². The molecule has 0 radical (unpaired) electrons. The number of hydrogen-bond donors (Lipinski definition) is 2. The molecule has 0 aliphatic carbocycles. The second kappa shape index (κ2) is 9.30. The summed E-state index contributed by atoms with van der Waals surface area (Å²) in [6.07, 6.45) is 5.65. The number of hydrogen-bond acceptors (Lipinski definition) is 6. The fourth-order valence-electron chi connectivity index (χ4n) is 4.26. The fraction of sp³-hybridized carbons (Fsp3) is 0.200. The van der Waals surface area contributed by atoms with E-state index in [-0.39, 0.29) is 5.82 Å². The van der Waals surface area contributed by atoms with E-state index < -0.39 is 5.91 Å². The number of carbonyl (C=O) groups excluding carboxylic acids is 1. The first-order chi connectivity index (χ1) is 16.8. The molecule has 0 spiro atoms. The molecule has 0 saturated heterocycles. The molecule has 0 bridgehead atoms. The number of carbonyl (C=O) groups is 1. The molecule has 5 rings (SSSR count). The number of benzene rings is 2. The van der Waals surface area contributed by atoms with Crippen LogP contribution in [0.3, 0.4) is 0 Å². The van der Waals surface area contributed by atoms with Gasteiger partial charge in [-0.2, -0.15) is 5.10 Å². The first-order valence-corrected chi connectivity index (χ1v) is 11.8. The number of aryl methyl sites for hydroxylation is 1. The quantitative estimate of drug-likeness (QED) is 0.412. The summed E-state index contributed by atoms with van der Waals surface area (Å²) in [4.78, 5) is 24.2. The van der Waals surface area contributed by atoms with Crippen LogP contribution in [0.15, 0.2) is 48.9 Å². The molecular formula is C25H23Cl2N7O. The number of anilines is 2. The zero-order valence-corrected chi connectivity index (χ0v) is 20.7. The number of nitrogens with two attached hydrogens (primary N) is 1. The van der Waals surface area contributed by atoms with Crippen molar-refractivity contribution in [1.29, 1.82) is 0 Å². The van der Waals surface area contributed by atoms with Gasteiger partial charge in [0.2, 0.25) is 0 Å². The third kappa shape index (κ3) is 4.60. The maximum atomic E-state index is 12.8. The van der Waals surface area contributed by atoms with E-state index in [0.717, 1.165) is 25.1 Å². The van der Waals surface area contributed by atoms with Crippen LogP contribution in [0, 0.1) is 6.92 Å². The minimum Gasteiger partial charge on any atom is -0.381 e. The first-order valence-electron chi connectivity index (χ1n) is 11.0. The van der Waals surface area contributed by atoms with Crippen molar-refractivity contribution < 1.29 is 4.79 Å². The lowest BCUT2D eigenvalue weighted by molar-refractivity contribution is 0.102. The van der Waals surface area contributed by atoms with E-state index in [1.165, 1.54) is 33.8 Å². The molecule has 1 aliphatic heterocycles. The summed E-state index contributed by atoms with van der Waals surface area (Å²) < 4.78 is 1.44. The van der Waals surface area contributed by atoms with E-state index in [4.69, 9.17) is 33.9 Å². The van der Waals surface area contributed by atoms with Crippen molar-refractivity contribution in [2.75, 3.05) is 24.6 Å². The first kappa shape index (κ1) is 23.3. The molecule has 1 amide bonds. The summed E-state index contributed by atoms with van der Waals surface area (Å²) in [5, 5.41) is 7.69. The molecule has 10 heteroatoms. The number of nitrogens with one attached hydrogen (secondary N) is 1. The van der Waals surface area contributed by atoms with Crippen LogP contribution in [0.4, 0.5) is 11.5 Å². The third-order valence-corrected chi connectivity index (χ3v) is 6.72. The highest BCUT2D eigenvalue weighted by Gasteiger charge is 2.19. The highest BCUT2D eigenvalue weighted by molar-refractivity contribution is 6.40. The van der Waals surface area contributed by atoms with Gasteiger partial charge < -0.3 is 16.0 Å². The minimum absolute atomic E-state index is 0.201. The van der Waals surface area contributed by atoms with E-state index in [1.54, 1.807) is 24.4 Å². The van der Waals surface area contributed by atoms with Crippen LogP contribution in [0.2, 0.25) is 10.0 Å².